The van der Waals surface area contributed by atoms with Crippen molar-refractivity contribution in [1.29, 1.82) is 0 Å². The number of carbonyl (C=O) groups is 1. The first kappa shape index (κ1) is 17.6. The van der Waals surface area contributed by atoms with Crippen LogP contribution >= 0.6 is 0 Å². The van der Waals surface area contributed by atoms with Crippen LogP contribution in [-0.4, -0.2) is 34.3 Å². The number of hydrogen-bond acceptors (Lipinski definition) is 3. The minimum Gasteiger partial charge on any atom is -0.444 e. The summed E-state index contributed by atoms with van der Waals surface area (Å²) >= 11 is 0. The number of likely N-dealkylation sites (tertiary alicyclic amines) is 1. The maximum Gasteiger partial charge on any atom is 0.410 e. The van der Waals surface area contributed by atoms with E-state index in [1.54, 1.807) is 0 Å². The zero-order valence-corrected chi connectivity index (χ0v) is 15.5. The molecule has 25 heavy (non-hydrogen) atoms. The first-order valence-electron chi connectivity index (χ1n) is 9.14. The highest BCUT2D eigenvalue weighted by molar-refractivity contribution is 5.83. The number of nitrogens with zero attached hydrogens (tertiary/aromatic N) is 2. The van der Waals surface area contributed by atoms with Crippen molar-refractivity contribution >= 4 is 22.7 Å². The largest absolute Gasteiger partial charge is 0.444 e. The number of rotatable bonds is 3. The minimum atomic E-state index is -0.424. The summed E-state index contributed by atoms with van der Waals surface area (Å²) in [7, 11) is 0. The van der Waals surface area contributed by atoms with Gasteiger partial charge in [-0.1, -0.05) is 0 Å². The maximum absolute atomic E-state index is 12.1. The predicted octanol–water partition coefficient (Wildman–Crippen LogP) is 4.26. The molecule has 0 spiro atoms. The highest BCUT2D eigenvalue weighted by Gasteiger charge is 2.26. The lowest BCUT2D eigenvalue weighted by molar-refractivity contribution is 0.0180. The number of ether oxygens (including phenoxy) is 1. The van der Waals surface area contributed by atoms with Crippen LogP contribution in [0.4, 0.5) is 10.5 Å². The fourth-order valence-electron chi connectivity index (χ4n) is 3.47. The smallest absolute Gasteiger partial charge is 0.410 e. The molecule has 0 atom stereocenters. The monoisotopic (exact) mass is 343 g/mol. The third-order valence-electron chi connectivity index (χ3n) is 4.84. The van der Waals surface area contributed by atoms with E-state index < -0.39 is 5.60 Å². The molecule has 0 saturated carbocycles. The summed E-state index contributed by atoms with van der Waals surface area (Å²) in [5, 5.41) is 1.19. The summed E-state index contributed by atoms with van der Waals surface area (Å²) in [6.07, 6.45) is 5.19. The zero-order valence-electron chi connectivity index (χ0n) is 15.5. The molecule has 2 heterocycles. The van der Waals surface area contributed by atoms with Crippen molar-refractivity contribution in [2.75, 3.05) is 18.8 Å². The minimum absolute atomic E-state index is 0.181. The van der Waals surface area contributed by atoms with Gasteiger partial charge in [0, 0.05) is 42.4 Å². The highest BCUT2D eigenvalue weighted by Crippen LogP contribution is 2.25. The Morgan fingerprint density at radius 1 is 1.24 bits per heavy atom. The van der Waals surface area contributed by atoms with E-state index >= 15 is 0 Å². The van der Waals surface area contributed by atoms with E-state index in [4.69, 9.17) is 10.5 Å². The van der Waals surface area contributed by atoms with Gasteiger partial charge < -0.3 is 19.9 Å². The summed E-state index contributed by atoms with van der Waals surface area (Å²) < 4.78 is 7.76. The molecule has 0 aliphatic carbocycles. The number of nitrogen functional groups attached to an aromatic ring is 1. The van der Waals surface area contributed by atoms with Crippen molar-refractivity contribution in [3.05, 3.63) is 30.5 Å². The van der Waals surface area contributed by atoms with Crippen LogP contribution in [0.3, 0.4) is 0 Å². The van der Waals surface area contributed by atoms with Gasteiger partial charge in [0.15, 0.2) is 0 Å². The topological polar surface area (TPSA) is 60.5 Å². The van der Waals surface area contributed by atoms with Gasteiger partial charge in [0.25, 0.3) is 0 Å². The lowest BCUT2D eigenvalue weighted by Crippen LogP contribution is -2.41. The van der Waals surface area contributed by atoms with Crippen LogP contribution in [-0.2, 0) is 11.3 Å². The van der Waals surface area contributed by atoms with E-state index in [1.807, 2.05) is 37.8 Å². The number of hydrogen-bond donors (Lipinski definition) is 1. The number of aryl methyl sites for hydroxylation is 1. The third-order valence-corrected chi connectivity index (χ3v) is 4.84. The van der Waals surface area contributed by atoms with Gasteiger partial charge in [-0.2, -0.15) is 0 Å². The molecule has 1 aliphatic rings. The number of fused-ring (bicyclic) bond motifs is 1. The van der Waals surface area contributed by atoms with Gasteiger partial charge in [0.05, 0.1) is 0 Å². The molecule has 5 nitrogen and oxygen atoms in total. The molecule has 0 bridgehead atoms. The normalized spacial score (nSPS) is 16.4. The molecule has 0 radical (unpaired) electrons. The van der Waals surface area contributed by atoms with Crippen molar-refractivity contribution < 1.29 is 9.53 Å². The Hall–Kier alpha value is -2.17. The summed E-state index contributed by atoms with van der Waals surface area (Å²) in [6, 6.07) is 8.19. The van der Waals surface area contributed by atoms with Crippen molar-refractivity contribution in [2.24, 2.45) is 5.92 Å². The van der Waals surface area contributed by atoms with Crippen molar-refractivity contribution in [1.82, 2.24) is 9.47 Å². The molecular weight excluding hydrogens is 314 g/mol. The summed E-state index contributed by atoms with van der Waals surface area (Å²) in [5.74, 6) is 0.657. The molecule has 2 N–H and O–H groups in total. The lowest BCUT2D eigenvalue weighted by atomic mass is 9.94. The van der Waals surface area contributed by atoms with Crippen LogP contribution < -0.4 is 5.73 Å². The van der Waals surface area contributed by atoms with E-state index in [-0.39, 0.29) is 6.09 Å². The van der Waals surface area contributed by atoms with Gasteiger partial charge in [-0.25, -0.2) is 4.79 Å². The van der Waals surface area contributed by atoms with Crippen LogP contribution in [0.5, 0.6) is 0 Å². The Balaban J connectivity index is 1.50. The molecule has 0 unspecified atom stereocenters. The molecular formula is C20H29N3O2. The van der Waals surface area contributed by atoms with Crippen LogP contribution in [0, 0.1) is 5.92 Å². The van der Waals surface area contributed by atoms with E-state index in [0.29, 0.717) is 5.92 Å². The van der Waals surface area contributed by atoms with E-state index in [9.17, 15) is 4.79 Å². The summed E-state index contributed by atoms with van der Waals surface area (Å²) in [6.45, 7) is 8.32. The fraction of sp³-hybridized carbons (Fsp3) is 0.550. The molecule has 1 aromatic heterocycles. The van der Waals surface area contributed by atoms with E-state index in [1.165, 1.54) is 10.9 Å². The molecule has 1 fully saturated rings. The number of anilines is 1. The second kappa shape index (κ2) is 6.98. The van der Waals surface area contributed by atoms with Crippen molar-refractivity contribution in [3.8, 4) is 0 Å². The molecule has 2 aromatic rings. The van der Waals surface area contributed by atoms with Gasteiger partial charge in [0.1, 0.15) is 5.60 Å². The second-order valence-corrected chi connectivity index (χ2v) is 8.03. The number of piperidine rings is 1. The third kappa shape index (κ3) is 4.47. The van der Waals surface area contributed by atoms with Crippen molar-refractivity contribution in [3.63, 3.8) is 0 Å². The Morgan fingerprint density at radius 2 is 1.96 bits per heavy atom. The molecule has 1 aliphatic heterocycles. The average molecular weight is 343 g/mol. The van der Waals surface area contributed by atoms with Crippen LogP contribution in [0.15, 0.2) is 30.5 Å². The molecule has 1 amide bonds. The molecule has 1 saturated heterocycles. The van der Waals surface area contributed by atoms with Crippen molar-refractivity contribution in [2.45, 2.75) is 52.2 Å². The second-order valence-electron chi connectivity index (χ2n) is 8.03. The van der Waals surface area contributed by atoms with Gasteiger partial charge >= 0.3 is 6.09 Å². The molecule has 1 aromatic carbocycles. The Morgan fingerprint density at radius 3 is 2.64 bits per heavy atom. The molecule has 5 heteroatoms. The Kier molecular flexibility index (Phi) is 4.93. The Bertz CT molecular complexity index is 737. The summed E-state index contributed by atoms with van der Waals surface area (Å²) in [5.41, 5.74) is 7.47. The molecule has 3 rings (SSSR count). The lowest BCUT2D eigenvalue weighted by Gasteiger charge is -2.33. The fourth-order valence-corrected chi connectivity index (χ4v) is 3.47. The quantitative estimate of drug-likeness (QED) is 0.847. The Labute approximate surface area is 149 Å². The van der Waals surface area contributed by atoms with E-state index in [2.05, 4.69) is 22.9 Å². The van der Waals surface area contributed by atoms with Crippen LogP contribution in [0.25, 0.3) is 10.9 Å². The van der Waals surface area contributed by atoms with E-state index in [0.717, 1.165) is 44.6 Å². The number of carbonyl (C=O) groups excluding carboxylic acids is 1. The molecule has 136 valence electrons. The van der Waals surface area contributed by atoms with Gasteiger partial charge in [-0.05, 0) is 70.2 Å². The first-order chi connectivity index (χ1) is 11.8. The zero-order chi connectivity index (χ0) is 18.0. The predicted molar refractivity (Wildman–Crippen MR) is 101 cm³/mol. The number of amides is 1. The number of aromatic nitrogens is 1. The van der Waals surface area contributed by atoms with Gasteiger partial charge in [-0.15, -0.1) is 0 Å². The SMILES string of the molecule is CC(C)(C)OC(=O)N1CCC(CCn2ccc3cc(N)ccc32)CC1. The first-order valence-corrected chi connectivity index (χ1v) is 9.14. The van der Waals surface area contributed by atoms with Gasteiger partial charge in [0.2, 0.25) is 0 Å². The van der Waals surface area contributed by atoms with Crippen LogP contribution in [0.1, 0.15) is 40.0 Å². The maximum atomic E-state index is 12.1. The average Bonchev–Trinajstić information content (AvgIpc) is 2.94. The highest BCUT2D eigenvalue weighted by atomic mass is 16.6. The standard InChI is InChI=1S/C20H29N3O2/c1-20(2,3)25-19(24)23-11-7-15(8-12-23)6-10-22-13-9-16-14-17(21)4-5-18(16)22/h4-5,9,13-15H,6-8,10-12,21H2,1-3H3. The number of nitrogens with two attached hydrogens (primary N) is 1. The number of benzene rings is 1. The van der Waals surface area contributed by atoms with Gasteiger partial charge in [-0.3, -0.25) is 0 Å². The van der Waals surface area contributed by atoms with Crippen LogP contribution in [0.2, 0.25) is 0 Å². The summed E-state index contributed by atoms with van der Waals surface area (Å²) in [4.78, 5) is 14.0.